The average Bonchev–Trinajstić information content (AvgIpc) is 2.82. The highest BCUT2D eigenvalue weighted by Gasteiger charge is 2.16. The first-order chi connectivity index (χ1) is 16.3. The van der Waals surface area contributed by atoms with Crippen molar-refractivity contribution < 1.29 is 33.7 Å². The van der Waals surface area contributed by atoms with Crippen molar-refractivity contribution in [3.05, 3.63) is 71.3 Å². The summed E-state index contributed by atoms with van der Waals surface area (Å²) in [5.74, 6) is -1.76. The molecule has 34 heavy (non-hydrogen) atoms. The molecular formula is C25H24N2O7. The van der Waals surface area contributed by atoms with Gasteiger partial charge < -0.3 is 24.6 Å². The minimum Gasteiger partial charge on any atom is -0.490 e. The Bertz CT molecular complexity index is 1150. The van der Waals surface area contributed by atoms with Crippen LogP contribution in [0.1, 0.15) is 28.4 Å². The number of hydrogen-bond donors (Lipinski definition) is 2. The van der Waals surface area contributed by atoms with Crippen LogP contribution in [0.3, 0.4) is 0 Å². The maximum atomic E-state index is 12.7. The molecule has 0 bridgehead atoms. The monoisotopic (exact) mass is 464 g/mol. The van der Waals surface area contributed by atoms with Crippen molar-refractivity contribution in [2.24, 2.45) is 0 Å². The summed E-state index contributed by atoms with van der Waals surface area (Å²) in [6, 6.07) is 11.1. The molecule has 2 N–H and O–H groups in total. The molecule has 0 aromatic heterocycles. The van der Waals surface area contributed by atoms with E-state index in [2.05, 4.69) is 16.6 Å². The Balaban J connectivity index is 2.36. The van der Waals surface area contributed by atoms with Gasteiger partial charge in [0.1, 0.15) is 11.6 Å². The predicted molar refractivity (Wildman–Crippen MR) is 125 cm³/mol. The fourth-order valence-electron chi connectivity index (χ4n) is 2.96. The number of rotatable bonds is 11. The van der Waals surface area contributed by atoms with Crippen molar-refractivity contribution in [3.63, 3.8) is 0 Å². The molecule has 0 saturated carbocycles. The van der Waals surface area contributed by atoms with E-state index >= 15 is 0 Å². The number of anilines is 1. The highest BCUT2D eigenvalue weighted by atomic mass is 16.5. The first kappa shape index (κ1) is 25.7. The molecule has 0 atom stereocenters. The summed E-state index contributed by atoms with van der Waals surface area (Å²) in [6.07, 6.45) is 3.34. The van der Waals surface area contributed by atoms with Crippen LogP contribution in [0.4, 0.5) is 5.69 Å². The van der Waals surface area contributed by atoms with Gasteiger partial charge in [-0.15, -0.1) is 6.58 Å². The molecule has 0 fully saturated rings. The van der Waals surface area contributed by atoms with E-state index in [4.69, 9.17) is 14.6 Å². The van der Waals surface area contributed by atoms with Crippen LogP contribution in [0.15, 0.2) is 54.6 Å². The van der Waals surface area contributed by atoms with E-state index in [1.165, 1.54) is 37.5 Å². The molecule has 0 aliphatic carbocycles. The number of allylic oxidation sites excluding steroid dienone is 1. The largest absolute Gasteiger partial charge is 0.490 e. The van der Waals surface area contributed by atoms with Gasteiger partial charge in [0.25, 0.3) is 5.91 Å². The van der Waals surface area contributed by atoms with E-state index in [1.807, 2.05) is 6.07 Å². The summed E-state index contributed by atoms with van der Waals surface area (Å²) in [5, 5.41) is 21.1. The summed E-state index contributed by atoms with van der Waals surface area (Å²) >= 11 is 0. The van der Waals surface area contributed by atoms with Crippen molar-refractivity contribution in [2.45, 2.75) is 13.3 Å². The van der Waals surface area contributed by atoms with Gasteiger partial charge in [0.15, 0.2) is 18.1 Å². The second kappa shape index (κ2) is 12.5. The Morgan fingerprint density at radius 1 is 1.18 bits per heavy atom. The van der Waals surface area contributed by atoms with Gasteiger partial charge in [0.05, 0.1) is 19.3 Å². The number of aliphatic carboxylic acids is 1. The van der Waals surface area contributed by atoms with Gasteiger partial charge in [-0.05, 0) is 61.4 Å². The number of benzene rings is 2. The third-order valence-corrected chi connectivity index (χ3v) is 4.40. The zero-order chi connectivity index (χ0) is 25.1. The van der Waals surface area contributed by atoms with Crippen LogP contribution in [0.2, 0.25) is 0 Å². The maximum Gasteiger partial charge on any atom is 0.341 e. The number of nitrogens with one attached hydrogen (secondary N) is 1. The standard InChI is InChI=1S/C25H24N2O7/c1-4-6-18-11-16(13-21(33-5-2)23(18)34-15-22(28)29)12-19(14-26)24(30)27-20-9-7-17(8-10-20)25(31)32-3/h4,7-13H,1,5-6,15H2,2-3H3,(H,27,30)(H,28,29)/b19-12+. The summed E-state index contributed by atoms with van der Waals surface area (Å²) in [7, 11) is 1.27. The SMILES string of the molecule is C=CCc1cc(/C=C(\C#N)C(=O)Nc2ccc(C(=O)OC)cc2)cc(OCC)c1OCC(=O)O. The van der Waals surface area contributed by atoms with Crippen LogP contribution in [0.25, 0.3) is 6.08 Å². The summed E-state index contributed by atoms with van der Waals surface area (Å²) in [5.41, 5.74) is 1.60. The lowest BCUT2D eigenvalue weighted by molar-refractivity contribution is -0.139. The topological polar surface area (TPSA) is 135 Å². The highest BCUT2D eigenvalue weighted by molar-refractivity contribution is 6.09. The van der Waals surface area contributed by atoms with Crippen LogP contribution < -0.4 is 14.8 Å². The van der Waals surface area contributed by atoms with Crippen molar-refractivity contribution in [1.29, 1.82) is 5.26 Å². The zero-order valence-electron chi connectivity index (χ0n) is 18.8. The van der Waals surface area contributed by atoms with E-state index < -0.39 is 24.5 Å². The molecule has 2 aromatic carbocycles. The number of nitrogens with zero attached hydrogens (tertiary/aromatic N) is 1. The van der Waals surface area contributed by atoms with Gasteiger partial charge in [0, 0.05) is 11.3 Å². The van der Waals surface area contributed by atoms with Gasteiger partial charge in [-0.3, -0.25) is 4.79 Å². The molecule has 1 amide bonds. The zero-order valence-corrected chi connectivity index (χ0v) is 18.8. The Kier molecular flexibility index (Phi) is 9.41. The molecular weight excluding hydrogens is 440 g/mol. The lowest BCUT2D eigenvalue weighted by Gasteiger charge is -2.16. The van der Waals surface area contributed by atoms with Crippen LogP contribution in [-0.2, 0) is 20.7 Å². The number of ether oxygens (including phenoxy) is 3. The summed E-state index contributed by atoms with van der Waals surface area (Å²) in [6.45, 7) is 5.19. The Morgan fingerprint density at radius 2 is 1.88 bits per heavy atom. The van der Waals surface area contributed by atoms with Gasteiger partial charge in [-0.25, -0.2) is 9.59 Å². The fourth-order valence-corrected chi connectivity index (χ4v) is 2.96. The number of amides is 1. The van der Waals surface area contributed by atoms with Crippen LogP contribution in [-0.4, -0.2) is 43.3 Å². The average molecular weight is 464 g/mol. The van der Waals surface area contributed by atoms with Gasteiger partial charge in [0.2, 0.25) is 0 Å². The lowest BCUT2D eigenvalue weighted by Crippen LogP contribution is -2.14. The first-order valence-corrected chi connectivity index (χ1v) is 10.2. The molecule has 0 radical (unpaired) electrons. The van der Waals surface area contributed by atoms with Gasteiger partial charge in [-0.2, -0.15) is 5.26 Å². The number of esters is 1. The number of carbonyl (C=O) groups is 3. The van der Waals surface area contributed by atoms with Crippen molar-refractivity contribution in [2.75, 3.05) is 25.6 Å². The highest BCUT2D eigenvalue weighted by Crippen LogP contribution is 2.34. The quantitative estimate of drug-likeness (QED) is 0.223. The van der Waals surface area contributed by atoms with Crippen LogP contribution in [0.5, 0.6) is 11.5 Å². The summed E-state index contributed by atoms with van der Waals surface area (Å²) in [4.78, 5) is 35.1. The Hall–Kier alpha value is -4.58. The second-order valence-corrected chi connectivity index (χ2v) is 6.81. The Labute approximate surface area is 196 Å². The Morgan fingerprint density at radius 3 is 2.44 bits per heavy atom. The van der Waals surface area contributed by atoms with Crippen LogP contribution >= 0.6 is 0 Å². The van der Waals surface area contributed by atoms with E-state index in [9.17, 15) is 19.6 Å². The van der Waals surface area contributed by atoms with E-state index in [1.54, 1.807) is 25.1 Å². The summed E-state index contributed by atoms with van der Waals surface area (Å²) < 4.78 is 15.7. The van der Waals surface area contributed by atoms with E-state index in [0.29, 0.717) is 28.8 Å². The number of nitriles is 1. The molecule has 0 saturated heterocycles. The number of carboxylic acid groups (broad SMARTS) is 1. The smallest absolute Gasteiger partial charge is 0.341 e. The van der Waals surface area contributed by atoms with Gasteiger partial charge in [-0.1, -0.05) is 6.08 Å². The minimum atomic E-state index is -1.14. The van der Waals surface area contributed by atoms with Gasteiger partial charge >= 0.3 is 11.9 Å². The van der Waals surface area contributed by atoms with E-state index in [-0.39, 0.29) is 23.7 Å². The number of carbonyl (C=O) groups excluding carboxylic acids is 2. The normalized spacial score (nSPS) is 10.6. The van der Waals surface area contributed by atoms with Crippen molar-refractivity contribution in [3.8, 4) is 17.6 Å². The fraction of sp³-hybridized carbons (Fsp3) is 0.200. The molecule has 0 spiro atoms. The first-order valence-electron chi connectivity index (χ1n) is 10.2. The number of hydrogen-bond acceptors (Lipinski definition) is 7. The maximum absolute atomic E-state index is 12.7. The minimum absolute atomic E-state index is 0.178. The molecule has 0 unspecified atom stereocenters. The number of carboxylic acids is 1. The number of methoxy groups -OCH3 is 1. The lowest BCUT2D eigenvalue weighted by atomic mass is 10.0. The molecule has 9 heteroatoms. The third-order valence-electron chi connectivity index (χ3n) is 4.40. The molecule has 2 aromatic rings. The second-order valence-electron chi connectivity index (χ2n) is 6.81. The molecule has 0 heterocycles. The third kappa shape index (κ3) is 6.97. The van der Waals surface area contributed by atoms with Crippen molar-refractivity contribution >= 4 is 29.6 Å². The molecule has 0 aliphatic rings. The predicted octanol–water partition coefficient (Wildman–Crippen LogP) is 3.61. The molecule has 2 rings (SSSR count). The van der Waals surface area contributed by atoms with E-state index in [0.717, 1.165) is 0 Å². The molecule has 0 aliphatic heterocycles. The molecule has 176 valence electrons. The molecule has 9 nitrogen and oxygen atoms in total. The van der Waals surface area contributed by atoms with Crippen LogP contribution in [0, 0.1) is 11.3 Å². The van der Waals surface area contributed by atoms with Crippen molar-refractivity contribution in [1.82, 2.24) is 0 Å².